The Kier molecular flexibility index (Phi) is 6.66. The Morgan fingerprint density at radius 2 is 1.75 bits per heavy atom. The largest absolute Gasteiger partial charge is 0.352 e. The number of halogens is 1. The molecule has 4 amide bonds. The molecule has 6 nitrogen and oxygen atoms in total. The third-order valence-electron chi connectivity index (χ3n) is 4.64. The highest BCUT2D eigenvalue weighted by atomic mass is 35.5. The number of carbonyl (C=O) groups is 3. The standard InChI is InChI=1S/C21H22ClN3O3/c22-17-8-6-16(7-9-17)14-23-19(26)11-10-18-20(27)25(21(28)24-18)13-12-15-4-2-1-3-5-15/h1-9,18H,10-14H2,(H,23,26)(H,24,28). The minimum Gasteiger partial charge on any atom is -0.352 e. The maximum absolute atomic E-state index is 12.5. The van der Waals surface area contributed by atoms with Gasteiger partial charge in [-0.25, -0.2) is 4.79 Å². The first kappa shape index (κ1) is 19.9. The summed E-state index contributed by atoms with van der Waals surface area (Å²) in [7, 11) is 0. The van der Waals surface area contributed by atoms with Gasteiger partial charge in [0.1, 0.15) is 6.04 Å². The molecule has 2 aromatic rings. The summed E-state index contributed by atoms with van der Waals surface area (Å²) in [4.78, 5) is 37.8. The number of urea groups is 1. The maximum atomic E-state index is 12.5. The number of hydrogen-bond acceptors (Lipinski definition) is 3. The van der Waals surface area contributed by atoms with E-state index in [2.05, 4.69) is 10.6 Å². The summed E-state index contributed by atoms with van der Waals surface area (Å²) in [6.07, 6.45) is 1.05. The fourth-order valence-electron chi connectivity index (χ4n) is 3.04. The Morgan fingerprint density at radius 1 is 1.04 bits per heavy atom. The molecule has 2 N–H and O–H groups in total. The minimum absolute atomic E-state index is 0.163. The zero-order valence-corrected chi connectivity index (χ0v) is 16.1. The molecule has 3 rings (SSSR count). The predicted octanol–water partition coefficient (Wildman–Crippen LogP) is 2.90. The van der Waals surface area contributed by atoms with Gasteiger partial charge in [0.2, 0.25) is 5.91 Å². The first-order valence-corrected chi connectivity index (χ1v) is 9.57. The van der Waals surface area contributed by atoms with Crippen LogP contribution >= 0.6 is 11.6 Å². The van der Waals surface area contributed by atoms with E-state index >= 15 is 0 Å². The van der Waals surface area contributed by atoms with Crippen LogP contribution in [0.4, 0.5) is 4.79 Å². The van der Waals surface area contributed by atoms with E-state index in [0.717, 1.165) is 11.1 Å². The number of imide groups is 1. The number of nitrogens with zero attached hydrogens (tertiary/aromatic N) is 1. The lowest BCUT2D eigenvalue weighted by molar-refractivity contribution is -0.127. The summed E-state index contributed by atoms with van der Waals surface area (Å²) >= 11 is 5.83. The fourth-order valence-corrected chi connectivity index (χ4v) is 3.16. The van der Waals surface area contributed by atoms with Gasteiger partial charge in [-0.15, -0.1) is 0 Å². The molecule has 0 spiro atoms. The molecular formula is C21H22ClN3O3. The molecule has 1 saturated heterocycles. The summed E-state index contributed by atoms with van der Waals surface area (Å²) in [5.74, 6) is -0.439. The van der Waals surface area contributed by atoms with Crippen molar-refractivity contribution in [2.75, 3.05) is 6.54 Å². The number of amides is 4. The van der Waals surface area contributed by atoms with E-state index < -0.39 is 12.1 Å². The van der Waals surface area contributed by atoms with Crippen molar-refractivity contribution < 1.29 is 14.4 Å². The van der Waals surface area contributed by atoms with Gasteiger partial charge in [-0.1, -0.05) is 54.1 Å². The zero-order valence-electron chi connectivity index (χ0n) is 15.4. The lowest BCUT2D eigenvalue weighted by Gasteiger charge is -2.13. The lowest BCUT2D eigenvalue weighted by Crippen LogP contribution is -2.33. The van der Waals surface area contributed by atoms with Gasteiger partial charge in [-0.2, -0.15) is 0 Å². The molecule has 28 heavy (non-hydrogen) atoms. The highest BCUT2D eigenvalue weighted by Crippen LogP contribution is 2.13. The van der Waals surface area contributed by atoms with Gasteiger partial charge >= 0.3 is 6.03 Å². The Hall–Kier alpha value is -2.86. The molecule has 1 aliphatic heterocycles. The smallest absolute Gasteiger partial charge is 0.324 e. The van der Waals surface area contributed by atoms with Gasteiger partial charge < -0.3 is 10.6 Å². The summed E-state index contributed by atoms with van der Waals surface area (Å²) in [5, 5.41) is 6.12. The van der Waals surface area contributed by atoms with Crippen LogP contribution in [0.2, 0.25) is 5.02 Å². The van der Waals surface area contributed by atoms with Crippen LogP contribution < -0.4 is 10.6 Å². The molecule has 146 valence electrons. The van der Waals surface area contributed by atoms with Crippen molar-refractivity contribution in [1.29, 1.82) is 0 Å². The van der Waals surface area contributed by atoms with E-state index in [1.54, 1.807) is 12.1 Å². The molecule has 0 saturated carbocycles. The van der Waals surface area contributed by atoms with Crippen LogP contribution in [0, 0.1) is 0 Å². The molecule has 1 heterocycles. The van der Waals surface area contributed by atoms with Crippen LogP contribution in [-0.4, -0.2) is 35.3 Å². The van der Waals surface area contributed by atoms with Crippen molar-refractivity contribution >= 4 is 29.4 Å². The second kappa shape index (κ2) is 9.37. The number of carbonyl (C=O) groups excluding carboxylic acids is 3. The lowest BCUT2D eigenvalue weighted by atomic mass is 10.1. The van der Waals surface area contributed by atoms with E-state index in [-0.39, 0.29) is 24.7 Å². The average molecular weight is 400 g/mol. The Balaban J connectivity index is 1.43. The number of hydrogen-bond donors (Lipinski definition) is 2. The van der Waals surface area contributed by atoms with E-state index in [0.29, 0.717) is 24.5 Å². The van der Waals surface area contributed by atoms with Crippen molar-refractivity contribution in [3.8, 4) is 0 Å². The maximum Gasteiger partial charge on any atom is 0.324 e. The Labute approximate surface area is 168 Å². The van der Waals surface area contributed by atoms with Crippen LogP contribution in [-0.2, 0) is 22.6 Å². The predicted molar refractivity (Wildman–Crippen MR) is 107 cm³/mol. The third-order valence-corrected chi connectivity index (χ3v) is 4.89. The minimum atomic E-state index is -0.649. The Bertz CT molecular complexity index is 840. The van der Waals surface area contributed by atoms with Gasteiger partial charge in [0, 0.05) is 24.5 Å². The average Bonchev–Trinajstić information content (AvgIpc) is 2.98. The van der Waals surface area contributed by atoms with Gasteiger partial charge in [0.25, 0.3) is 5.91 Å². The van der Waals surface area contributed by atoms with E-state index in [1.165, 1.54) is 4.90 Å². The zero-order chi connectivity index (χ0) is 19.9. The van der Waals surface area contributed by atoms with Crippen molar-refractivity contribution in [3.63, 3.8) is 0 Å². The van der Waals surface area contributed by atoms with Crippen molar-refractivity contribution in [3.05, 3.63) is 70.7 Å². The van der Waals surface area contributed by atoms with Crippen molar-refractivity contribution in [1.82, 2.24) is 15.5 Å². The van der Waals surface area contributed by atoms with E-state index in [9.17, 15) is 14.4 Å². The van der Waals surface area contributed by atoms with Gasteiger partial charge in [-0.3, -0.25) is 14.5 Å². The van der Waals surface area contributed by atoms with Gasteiger partial charge in [0.15, 0.2) is 0 Å². The molecule has 1 aliphatic rings. The summed E-state index contributed by atoms with van der Waals surface area (Å²) in [6, 6.07) is 15.9. The van der Waals surface area contributed by atoms with Crippen LogP contribution in [0.25, 0.3) is 0 Å². The molecule has 1 unspecified atom stereocenters. The quantitative estimate of drug-likeness (QED) is 0.670. The Morgan fingerprint density at radius 3 is 2.46 bits per heavy atom. The topological polar surface area (TPSA) is 78.5 Å². The van der Waals surface area contributed by atoms with Gasteiger partial charge in [0.05, 0.1) is 0 Å². The van der Waals surface area contributed by atoms with Crippen molar-refractivity contribution in [2.45, 2.75) is 31.8 Å². The number of rotatable bonds is 8. The van der Waals surface area contributed by atoms with Crippen molar-refractivity contribution in [2.24, 2.45) is 0 Å². The van der Waals surface area contributed by atoms with Gasteiger partial charge in [-0.05, 0) is 36.1 Å². The number of nitrogens with one attached hydrogen (secondary N) is 2. The van der Waals surface area contributed by atoms with Crippen LogP contribution in [0.1, 0.15) is 24.0 Å². The second-order valence-electron chi connectivity index (χ2n) is 6.67. The highest BCUT2D eigenvalue weighted by molar-refractivity contribution is 6.30. The van der Waals surface area contributed by atoms with E-state index in [1.807, 2.05) is 42.5 Å². The fraction of sp³-hybridized carbons (Fsp3) is 0.286. The summed E-state index contributed by atoms with van der Waals surface area (Å²) in [5.41, 5.74) is 2.00. The van der Waals surface area contributed by atoms with Crippen LogP contribution in [0.15, 0.2) is 54.6 Å². The molecule has 0 aliphatic carbocycles. The molecular weight excluding hydrogens is 378 g/mol. The van der Waals surface area contributed by atoms with E-state index in [4.69, 9.17) is 11.6 Å². The first-order chi connectivity index (χ1) is 13.5. The summed E-state index contributed by atoms with van der Waals surface area (Å²) in [6.45, 7) is 0.720. The summed E-state index contributed by atoms with van der Waals surface area (Å²) < 4.78 is 0. The molecule has 1 fully saturated rings. The molecule has 7 heteroatoms. The molecule has 0 radical (unpaired) electrons. The molecule has 0 bridgehead atoms. The molecule has 0 aromatic heterocycles. The SMILES string of the molecule is O=C(CCC1NC(=O)N(CCc2ccccc2)C1=O)NCc1ccc(Cl)cc1. The highest BCUT2D eigenvalue weighted by Gasteiger charge is 2.37. The number of benzene rings is 2. The third kappa shape index (κ3) is 5.33. The monoisotopic (exact) mass is 399 g/mol. The molecule has 1 atom stereocenters. The van der Waals surface area contributed by atoms with Crippen LogP contribution in [0.5, 0.6) is 0 Å². The first-order valence-electron chi connectivity index (χ1n) is 9.20. The van der Waals surface area contributed by atoms with Crippen LogP contribution in [0.3, 0.4) is 0 Å². The second-order valence-corrected chi connectivity index (χ2v) is 7.11. The normalized spacial score (nSPS) is 16.2. The molecule has 2 aromatic carbocycles.